The monoisotopic (exact) mass is 190 g/mol. The maximum atomic E-state index is 9.71. The quantitative estimate of drug-likeness (QED) is 0.398. The summed E-state index contributed by atoms with van der Waals surface area (Å²) in [5.41, 5.74) is 2.59. The fraction of sp³-hybridized carbons (Fsp3) is 1.00. The van der Waals surface area contributed by atoms with Gasteiger partial charge in [0.15, 0.2) is 0 Å². The molecule has 80 valence electrons. The number of aliphatic hydroxyl groups is 1. The first-order valence-corrected chi connectivity index (χ1v) is 4.85. The van der Waals surface area contributed by atoms with Gasteiger partial charge in [0.25, 0.3) is 0 Å². The Labute approximate surface area is 80.4 Å². The van der Waals surface area contributed by atoms with Crippen molar-refractivity contribution >= 4 is 0 Å². The average Bonchev–Trinajstić information content (AvgIpc) is 2.17. The summed E-state index contributed by atoms with van der Waals surface area (Å²) in [7, 11) is 1.67. The van der Waals surface area contributed by atoms with E-state index in [-0.39, 0.29) is 18.1 Å². The molecule has 0 aliphatic rings. The van der Waals surface area contributed by atoms with E-state index in [1.807, 2.05) is 13.8 Å². The standard InChI is InChI=1S/C9H22N2O2/c1-4-8(12)7(6-11-10)9(5-2)13-3/h7-9,11-12H,4-6,10H2,1-3H3. The molecule has 0 saturated heterocycles. The Balaban J connectivity index is 4.19. The summed E-state index contributed by atoms with van der Waals surface area (Å²) in [6.07, 6.45) is 1.35. The zero-order chi connectivity index (χ0) is 10.3. The van der Waals surface area contributed by atoms with Gasteiger partial charge in [-0.15, -0.1) is 0 Å². The Morgan fingerprint density at radius 2 is 2.00 bits per heavy atom. The summed E-state index contributed by atoms with van der Waals surface area (Å²) in [6, 6.07) is 0. The molecule has 0 amide bonds. The Kier molecular flexibility index (Phi) is 7.17. The number of aliphatic hydroxyl groups excluding tert-OH is 1. The van der Waals surface area contributed by atoms with Crippen LogP contribution >= 0.6 is 0 Å². The van der Waals surface area contributed by atoms with Crippen molar-refractivity contribution in [2.45, 2.75) is 38.9 Å². The lowest BCUT2D eigenvalue weighted by molar-refractivity contribution is -0.0162. The van der Waals surface area contributed by atoms with Gasteiger partial charge in [-0.3, -0.25) is 11.3 Å². The molecule has 3 unspecified atom stereocenters. The van der Waals surface area contributed by atoms with E-state index >= 15 is 0 Å². The van der Waals surface area contributed by atoms with Crippen molar-refractivity contribution in [3.8, 4) is 0 Å². The summed E-state index contributed by atoms with van der Waals surface area (Å²) < 4.78 is 5.28. The maximum absolute atomic E-state index is 9.71. The second kappa shape index (κ2) is 7.26. The molecule has 0 aromatic heterocycles. The van der Waals surface area contributed by atoms with Crippen LogP contribution in [0.4, 0.5) is 0 Å². The van der Waals surface area contributed by atoms with Gasteiger partial charge in [0.1, 0.15) is 0 Å². The Hall–Kier alpha value is -0.160. The van der Waals surface area contributed by atoms with Crippen LogP contribution in [-0.2, 0) is 4.74 Å². The molecular weight excluding hydrogens is 168 g/mol. The lowest BCUT2D eigenvalue weighted by Crippen LogP contribution is -2.42. The minimum atomic E-state index is -0.346. The summed E-state index contributed by atoms with van der Waals surface area (Å²) in [5, 5.41) is 9.71. The first-order chi connectivity index (χ1) is 6.21. The number of hydrogen-bond acceptors (Lipinski definition) is 4. The van der Waals surface area contributed by atoms with Crippen LogP contribution in [0, 0.1) is 5.92 Å². The van der Waals surface area contributed by atoms with Crippen molar-refractivity contribution in [1.82, 2.24) is 5.43 Å². The van der Waals surface area contributed by atoms with Crippen LogP contribution in [0.15, 0.2) is 0 Å². The molecule has 4 nitrogen and oxygen atoms in total. The summed E-state index contributed by atoms with van der Waals surface area (Å²) in [6.45, 7) is 4.58. The van der Waals surface area contributed by atoms with Gasteiger partial charge < -0.3 is 9.84 Å². The molecule has 0 radical (unpaired) electrons. The highest BCUT2D eigenvalue weighted by Crippen LogP contribution is 2.16. The zero-order valence-electron chi connectivity index (χ0n) is 8.79. The predicted octanol–water partition coefficient (Wildman–Crippen LogP) is 0.262. The predicted molar refractivity (Wildman–Crippen MR) is 53.1 cm³/mol. The number of nitrogens with two attached hydrogens (primary N) is 1. The third-order valence-electron chi connectivity index (χ3n) is 2.45. The number of rotatable bonds is 7. The van der Waals surface area contributed by atoms with Crippen molar-refractivity contribution in [1.29, 1.82) is 0 Å². The third kappa shape index (κ3) is 4.04. The topological polar surface area (TPSA) is 67.5 Å². The molecule has 0 fully saturated rings. The van der Waals surface area contributed by atoms with Gasteiger partial charge in [0.05, 0.1) is 12.2 Å². The fourth-order valence-electron chi connectivity index (χ4n) is 1.60. The molecule has 0 saturated carbocycles. The highest BCUT2D eigenvalue weighted by molar-refractivity contribution is 4.76. The van der Waals surface area contributed by atoms with E-state index in [1.54, 1.807) is 7.11 Å². The first-order valence-electron chi connectivity index (χ1n) is 4.85. The molecule has 0 aliphatic heterocycles. The molecule has 0 heterocycles. The number of methoxy groups -OCH3 is 1. The lowest BCUT2D eigenvalue weighted by Gasteiger charge is -2.28. The van der Waals surface area contributed by atoms with Gasteiger partial charge in [-0.2, -0.15) is 0 Å². The minimum absolute atomic E-state index is 0.0741. The van der Waals surface area contributed by atoms with Crippen molar-refractivity contribution < 1.29 is 9.84 Å². The van der Waals surface area contributed by atoms with E-state index in [0.717, 1.165) is 12.8 Å². The Bertz CT molecular complexity index is 118. The van der Waals surface area contributed by atoms with Crippen molar-refractivity contribution in [2.75, 3.05) is 13.7 Å². The minimum Gasteiger partial charge on any atom is -0.393 e. The van der Waals surface area contributed by atoms with Gasteiger partial charge in [0, 0.05) is 19.6 Å². The number of ether oxygens (including phenoxy) is 1. The van der Waals surface area contributed by atoms with Gasteiger partial charge >= 0.3 is 0 Å². The largest absolute Gasteiger partial charge is 0.393 e. The highest BCUT2D eigenvalue weighted by atomic mass is 16.5. The smallest absolute Gasteiger partial charge is 0.0634 e. The molecular formula is C9H22N2O2. The van der Waals surface area contributed by atoms with Gasteiger partial charge in [-0.05, 0) is 12.8 Å². The molecule has 0 spiro atoms. The summed E-state index contributed by atoms with van der Waals surface area (Å²) in [4.78, 5) is 0. The van der Waals surface area contributed by atoms with Crippen LogP contribution < -0.4 is 11.3 Å². The van der Waals surface area contributed by atoms with E-state index in [4.69, 9.17) is 10.6 Å². The van der Waals surface area contributed by atoms with Crippen LogP contribution in [0.2, 0.25) is 0 Å². The zero-order valence-corrected chi connectivity index (χ0v) is 8.79. The molecule has 0 aromatic rings. The van der Waals surface area contributed by atoms with E-state index in [2.05, 4.69) is 5.43 Å². The normalized spacial score (nSPS) is 18.2. The number of hydrazine groups is 1. The van der Waals surface area contributed by atoms with Crippen LogP contribution in [0.5, 0.6) is 0 Å². The van der Waals surface area contributed by atoms with E-state index in [0.29, 0.717) is 6.54 Å². The van der Waals surface area contributed by atoms with Crippen LogP contribution in [0.3, 0.4) is 0 Å². The molecule has 4 N–H and O–H groups in total. The van der Waals surface area contributed by atoms with Gasteiger partial charge in [0.2, 0.25) is 0 Å². The number of nitrogens with one attached hydrogen (secondary N) is 1. The van der Waals surface area contributed by atoms with Gasteiger partial charge in [-0.25, -0.2) is 0 Å². The third-order valence-corrected chi connectivity index (χ3v) is 2.45. The van der Waals surface area contributed by atoms with Gasteiger partial charge in [-0.1, -0.05) is 13.8 Å². The number of hydrogen-bond donors (Lipinski definition) is 3. The Morgan fingerprint density at radius 1 is 1.38 bits per heavy atom. The molecule has 13 heavy (non-hydrogen) atoms. The van der Waals surface area contributed by atoms with E-state index in [9.17, 15) is 5.11 Å². The summed E-state index contributed by atoms with van der Waals surface area (Å²) in [5.74, 6) is 5.33. The van der Waals surface area contributed by atoms with E-state index < -0.39 is 0 Å². The second-order valence-corrected chi connectivity index (χ2v) is 3.23. The molecule has 0 bridgehead atoms. The van der Waals surface area contributed by atoms with Crippen LogP contribution in [0.25, 0.3) is 0 Å². The molecule has 4 heteroatoms. The van der Waals surface area contributed by atoms with Crippen LogP contribution in [-0.4, -0.2) is 31.0 Å². The first kappa shape index (κ1) is 12.8. The molecule has 0 aliphatic carbocycles. The average molecular weight is 190 g/mol. The second-order valence-electron chi connectivity index (χ2n) is 3.23. The Morgan fingerprint density at radius 3 is 2.31 bits per heavy atom. The van der Waals surface area contributed by atoms with E-state index in [1.165, 1.54) is 0 Å². The fourth-order valence-corrected chi connectivity index (χ4v) is 1.60. The van der Waals surface area contributed by atoms with Crippen LogP contribution in [0.1, 0.15) is 26.7 Å². The highest BCUT2D eigenvalue weighted by Gasteiger charge is 2.25. The molecule has 0 rings (SSSR count). The lowest BCUT2D eigenvalue weighted by atomic mass is 9.92. The van der Waals surface area contributed by atoms with Crippen molar-refractivity contribution in [2.24, 2.45) is 11.8 Å². The van der Waals surface area contributed by atoms with Crippen molar-refractivity contribution in [3.05, 3.63) is 0 Å². The summed E-state index contributed by atoms with van der Waals surface area (Å²) >= 11 is 0. The SMILES string of the molecule is CCC(O)C(CNN)C(CC)OC. The van der Waals surface area contributed by atoms with Crippen molar-refractivity contribution in [3.63, 3.8) is 0 Å². The molecule has 0 aromatic carbocycles. The maximum Gasteiger partial charge on any atom is 0.0634 e. The molecule has 3 atom stereocenters.